The van der Waals surface area contributed by atoms with Gasteiger partial charge < -0.3 is 4.74 Å². The molecule has 1 saturated heterocycles. The van der Waals surface area contributed by atoms with Gasteiger partial charge in [0.2, 0.25) is 0 Å². The maximum atomic E-state index is 10.9. The molecule has 0 aromatic rings. The van der Waals surface area contributed by atoms with Crippen LogP contribution < -0.4 is 0 Å². The number of carbonyl (C=O) groups is 2. The van der Waals surface area contributed by atoms with Gasteiger partial charge in [-0.15, -0.1) is 0 Å². The molecule has 1 heterocycles. The summed E-state index contributed by atoms with van der Waals surface area (Å²) in [7, 11) is 0. The fourth-order valence-corrected chi connectivity index (χ4v) is 1.59. The SMILES string of the molecule is O=C1OC(=O)C2CC=CCC12.[Pd]. The molecule has 2 rings (SSSR count). The molecule has 0 bridgehead atoms. The molecule has 2 unspecified atom stereocenters. The van der Waals surface area contributed by atoms with Crippen molar-refractivity contribution in [2.45, 2.75) is 12.8 Å². The zero-order chi connectivity index (χ0) is 7.84. The standard InChI is InChI=1S/C8H8O3.Pd/c9-7-5-3-1-2-4-6(5)8(10)11-7;/h1-2,5-6H,3-4H2;. The number of ether oxygens (including phenoxy) is 1. The molecule has 0 aromatic heterocycles. The van der Waals surface area contributed by atoms with Crippen LogP contribution in [0.15, 0.2) is 12.2 Å². The van der Waals surface area contributed by atoms with Crippen molar-refractivity contribution in [2.75, 3.05) is 0 Å². The van der Waals surface area contributed by atoms with E-state index < -0.39 is 0 Å². The summed E-state index contributed by atoms with van der Waals surface area (Å²) in [6, 6.07) is 0. The van der Waals surface area contributed by atoms with Crippen molar-refractivity contribution >= 4 is 11.9 Å². The van der Waals surface area contributed by atoms with E-state index in [0.717, 1.165) is 0 Å². The van der Waals surface area contributed by atoms with Crippen molar-refractivity contribution in [1.82, 2.24) is 0 Å². The molecule has 1 aliphatic heterocycles. The van der Waals surface area contributed by atoms with Gasteiger partial charge >= 0.3 is 11.9 Å². The summed E-state index contributed by atoms with van der Waals surface area (Å²) in [4.78, 5) is 21.9. The van der Waals surface area contributed by atoms with Gasteiger partial charge in [-0.3, -0.25) is 9.59 Å². The number of rotatable bonds is 0. The molecule has 12 heavy (non-hydrogen) atoms. The molecule has 2 aliphatic rings. The Balaban J connectivity index is 0.000000720. The molecule has 4 heteroatoms. The maximum Gasteiger partial charge on any atom is 0.317 e. The molecule has 0 N–H and O–H groups in total. The largest absolute Gasteiger partial charge is 0.393 e. The second-order valence-corrected chi connectivity index (χ2v) is 2.90. The first-order chi connectivity index (χ1) is 5.29. The van der Waals surface area contributed by atoms with Crippen LogP contribution in [0.4, 0.5) is 0 Å². The van der Waals surface area contributed by atoms with Gasteiger partial charge in [-0.25, -0.2) is 0 Å². The molecule has 0 saturated carbocycles. The van der Waals surface area contributed by atoms with E-state index in [4.69, 9.17) is 0 Å². The molecule has 0 amide bonds. The molecule has 2 atom stereocenters. The zero-order valence-corrected chi connectivity index (χ0v) is 7.82. The first kappa shape index (κ1) is 9.63. The predicted octanol–water partition coefficient (Wildman–Crippen LogP) is 0.650. The third-order valence-electron chi connectivity index (χ3n) is 2.24. The van der Waals surface area contributed by atoms with Crippen LogP contribution in [0.3, 0.4) is 0 Å². The molecule has 1 aliphatic carbocycles. The minimum Gasteiger partial charge on any atom is -0.393 e. The second kappa shape index (κ2) is 3.51. The van der Waals surface area contributed by atoms with E-state index in [1.807, 2.05) is 12.2 Å². The number of cyclic esters (lactones) is 2. The van der Waals surface area contributed by atoms with E-state index in [0.29, 0.717) is 12.8 Å². The monoisotopic (exact) mass is 258 g/mol. The van der Waals surface area contributed by atoms with Gasteiger partial charge in [0.25, 0.3) is 0 Å². The topological polar surface area (TPSA) is 43.4 Å². The third kappa shape index (κ3) is 1.37. The molecule has 3 nitrogen and oxygen atoms in total. The molecular weight excluding hydrogens is 251 g/mol. The third-order valence-corrected chi connectivity index (χ3v) is 2.24. The summed E-state index contributed by atoms with van der Waals surface area (Å²) in [6.45, 7) is 0. The summed E-state index contributed by atoms with van der Waals surface area (Å²) >= 11 is 0. The number of hydrogen-bond acceptors (Lipinski definition) is 3. The van der Waals surface area contributed by atoms with Gasteiger partial charge in [-0.1, -0.05) is 12.2 Å². The van der Waals surface area contributed by atoms with E-state index in [-0.39, 0.29) is 44.2 Å². The normalized spacial score (nSPS) is 32.3. The Hall–Kier alpha value is -0.458. The van der Waals surface area contributed by atoms with Gasteiger partial charge in [-0.05, 0) is 12.8 Å². The van der Waals surface area contributed by atoms with Gasteiger partial charge in [-0.2, -0.15) is 0 Å². The number of carbonyl (C=O) groups excluding carboxylic acids is 2. The smallest absolute Gasteiger partial charge is 0.317 e. The van der Waals surface area contributed by atoms with E-state index in [2.05, 4.69) is 4.74 Å². The molecule has 0 aromatic carbocycles. The maximum absolute atomic E-state index is 10.9. The summed E-state index contributed by atoms with van der Waals surface area (Å²) in [5.41, 5.74) is 0. The van der Waals surface area contributed by atoms with Gasteiger partial charge in [0, 0.05) is 20.4 Å². The number of esters is 2. The van der Waals surface area contributed by atoms with Crippen LogP contribution in [0.5, 0.6) is 0 Å². The summed E-state index contributed by atoms with van der Waals surface area (Å²) in [6.07, 6.45) is 5.19. The van der Waals surface area contributed by atoms with Crippen molar-refractivity contribution in [3.8, 4) is 0 Å². The Labute approximate surface area is 83.8 Å². The summed E-state index contributed by atoms with van der Waals surface area (Å²) < 4.78 is 4.49. The van der Waals surface area contributed by atoms with E-state index in [9.17, 15) is 9.59 Å². The molecule has 0 radical (unpaired) electrons. The Morgan fingerprint density at radius 1 is 1.08 bits per heavy atom. The van der Waals surface area contributed by atoms with Gasteiger partial charge in [0.05, 0.1) is 11.8 Å². The Morgan fingerprint density at radius 3 is 1.92 bits per heavy atom. The average molecular weight is 259 g/mol. The average Bonchev–Trinajstić information content (AvgIpc) is 2.30. The fraction of sp³-hybridized carbons (Fsp3) is 0.500. The molecular formula is C8H8O3Pd. The quantitative estimate of drug-likeness (QED) is 0.277. The Kier molecular flexibility index (Phi) is 2.81. The van der Waals surface area contributed by atoms with Crippen molar-refractivity contribution in [3.63, 3.8) is 0 Å². The van der Waals surface area contributed by atoms with Crippen LogP contribution in [-0.4, -0.2) is 11.9 Å². The van der Waals surface area contributed by atoms with E-state index in [1.165, 1.54) is 0 Å². The molecule has 0 spiro atoms. The Bertz CT molecular complexity index is 223. The minimum absolute atomic E-state index is 0. The van der Waals surface area contributed by atoms with Gasteiger partial charge in [0.15, 0.2) is 0 Å². The van der Waals surface area contributed by atoms with Crippen LogP contribution in [-0.2, 0) is 34.7 Å². The first-order valence-electron chi connectivity index (χ1n) is 3.69. The van der Waals surface area contributed by atoms with Crippen molar-refractivity contribution in [2.24, 2.45) is 11.8 Å². The summed E-state index contributed by atoms with van der Waals surface area (Å²) in [5, 5.41) is 0. The van der Waals surface area contributed by atoms with Crippen molar-refractivity contribution in [3.05, 3.63) is 12.2 Å². The van der Waals surface area contributed by atoms with Crippen LogP contribution in [0.1, 0.15) is 12.8 Å². The zero-order valence-electron chi connectivity index (χ0n) is 6.26. The second-order valence-electron chi connectivity index (χ2n) is 2.90. The van der Waals surface area contributed by atoms with Crippen LogP contribution in [0.25, 0.3) is 0 Å². The van der Waals surface area contributed by atoms with Crippen LogP contribution in [0, 0.1) is 11.8 Å². The van der Waals surface area contributed by atoms with E-state index in [1.54, 1.807) is 0 Å². The van der Waals surface area contributed by atoms with Crippen LogP contribution in [0.2, 0.25) is 0 Å². The summed E-state index contributed by atoms with van der Waals surface area (Å²) in [5.74, 6) is -1.06. The first-order valence-corrected chi connectivity index (χ1v) is 3.69. The van der Waals surface area contributed by atoms with Crippen molar-refractivity contribution < 1.29 is 34.7 Å². The molecule has 1 fully saturated rings. The minimum atomic E-state index is -0.343. The molecule has 68 valence electrons. The predicted molar refractivity (Wildman–Crippen MR) is 36.5 cm³/mol. The fourth-order valence-electron chi connectivity index (χ4n) is 1.59. The van der Waals surface area contributed by atoms with E-state index >= 15 is 0 Å². The van der Waals surface area contributed by atoms with Crippen LogP contribution >= 0.6 is 0 Å². The van der Waals surface area contributed by atoms with Crippen molar-refractivity contribution in [1.29, 1.82) is 0 Å². The number of fused-ring (bicyclic) bond motifs is 1. The van der Waals surface area contributed by atoms with Gasteiger partial charge in [0.1, 0.15) is 0 Å². The number of hydrogen-bond donors (Lipinski definition) is 0. The Morgan fingerprint density at radius 2 is 1.50 bits per heavy atom. The number of allylic oxidation sites excluding steroid dienone is 2.